The molecule has 2 heterocycles. The van der Waals surface area contributed by atoms with Crippen LogP contribution in [0.5, 0.6) is 11.5 Å². The van der Waals surface area contributed by atoms with E-state index in [-0.39, 0.29) is 0 Å². The highest BCUT2D eigenvalue weighted by Gasteiger charge is 2.11. The summed E-state index contributed by atoms with van der Waals surface area (Å²) in [5, 5.41) is 2.08. The second-order valence-corrected chi connectivity index (χ2v) is 8.73. The fraction of sp³-hybridized carbons (Fsp3) is 0.182. The zero-order valence-corrected chi connectivity index (χ0v) is 21.1. The first-order chi connectivity index (χ1) is 18.2. The number of aromatic nitrogens is 2. The number of rotatable bonds is 8. The van der Waals surface area contributed by atoms with Crippen molar-refractivity contribution in [3.8, 4) is 23.3 Å². The molecule has 0 saturated heterocycles. The molecule has 0 fully saturated rings. The molecule has 0 aliphatic heterocycles. The summed E-state index contributed by atoms with van der Waals surface area (Å²) in [7, 11) is 0. The Morgan fingerprint density at radius 2 is 1.68 bits per heavy atom. The topological polar surface area (TPSA) is 44.2 Å². The third-order valence-corrected chi connectivity index (χ3v) is 5.86. The molecule has 0 atom stereocenters. The van der Waals surface area contributed by atoms with Gasteiger partial charge < -0.3 is 9.47 Å². The second-order valence-electron chi connectivity index (χ2n) is 8.73. The van der Waals surface area contributed by atoms with Crippen LogP contribution in [0.15, 0.2) is 90.5 Å². The van der Waals surface area contributed by atoms with Crippen molar-refractivity contribution >= 4 is 27.9 Å². The lowest BCUT2D eigenvalue weighted by atomic mass is 10.1. The van der Waals surface area contributed by atoms with Crippen molar-refractivity contribution in [2.24, 2.45) is 0 Å². The number of hydrogen-bond acceptors (Lipinski definition) is 4. The number of allylic oxidation sites excluding steroid dienone is 4. The lowest BCUT2D eigenvalue weighted by molar-refractivity contribution is 0.307. The number of nitrogens with zero attached hydrogens (tertiary/aromatic N) is 2. The zero-order chi connectivity index (χ0) is 25.5. The summed E-state index contributed by atoms with van der Waals surface area (Å²) in [5.41, 5.74) is 8.57. The van der Waals surface area contributed by atoms with Gasteiger partial charge in [0, 0.05) is 45.9 Å². The molecule has 4 heteroatoms. The van der Waals surface area contributed by atoms with Crippen molar-refractivity contribution in [2.45, 2.75) is 26.7 Å². The predicted octanol–water partition coefficient (Wildman–Crippen LogP) is 7.42. The minimum Gasteiger partial charge on any atom is -0.493 e. The van der Waals surface area contributed by atoms with E-state index in [4.69, 9.17) is 9.47 Å². The van der Waals surface area contributed by atoms with Crippen molar-refractivity contribution in [3.05, 3.63) is 107 Å². The Morgan fingerprint density at radius 1 is 0.865 bits per heavy atom. The molecule has 0 saturated carbocycles. The number of hydrogen-bond donors (Lipinski definition) is 0. The summed E-state index contributed by atoms with van der Waals surface area (Å²) >= 11 is 0. The van der Waals surface area contributed by atoms with Crippen LogP contribution in [0.4, 0.5) is 0 Å². The molecule has 1 aliphatic rings. The Labute approximate surface area is 217 Å². The van der Waals surface area contributed by atoms with E-state index in [1.807, 2.05) is 54.6 Å². The average Bonchev–Trinajstić information content (AvgIpc) is 3.46. The third-order valence-electron chi connectivity index (χ3n) is 5.86. The number of ether oxygens (including phenoxy) is 2. The maximum Gasteiger partial charge on any atom is 0.135 e. The highest BCUT2D eigenvalue weighted by atomic mass is 16.5. The fourth-order valence-electron chi connectivity index (χ4n) is 4.04. The first-order valence-electron chi connectivity index (χ1n) is 12.7. The van der Waals surface area contributed by atoms with Crippen LogP contribution in [0, 0.1) is 11.8 Å². The summed E-state index contributed by atoms with van der Waals surface area (Å²) < 4.78 is 12.2. The zero-order valence-electron chi connectivity index (χ0n) is 21.1. The van der Waals surface area contributed by atoms with E-state index in [1.54, 1.807) is 12.4 Å². The maximum absolute atomic E-state index is 6.11. The van der Waals surface area contributed by atoms with Crippen LogP contribution in [0.1, 0.15) is 43.4 Å². The highest BCUT2D eigenvalue weighted by Crippen LogP contribution is 2.31. The van der Waals surface area contributed by atoms with E-state index in [9.17, 15) is 0 Å². The number of pyridine rings is 2. The molecule has 0 amide bonds. The van der Waals surface area contributed by atoms with Crippen molar-refractivity contribution < 1.29 is 9.47 Å². The van der Waals surface area contributed by atoms with Crippen molar-refractivity contribution in [1.82, 2.24) is 9.97 Å². The van der Waals surface area contributed by atoms with Crippen LogP contribution in [0.2, 0.25) is 0 Å². The molecule has 5 rings (SSSR count). The van der Waals surface area contributed by atoms with E-state index >= 15 is 0 Å². The van der Waals surface area contributed by atoms with Crippen molar-refractivity contribution in [3.63, 3.8) is 0 Å². The van der Waals surface area contributed by atoms with Gasteiger partial charge in [0.1, 0.15) is 11.5 Å². The first kappa shape index (κ1) is 24.1. The molecule has 2 aromatic carbocycles. The maximum atomic E-state index is 6.11. The number of fused-ring (bicyclic) bond motifs is 3. The monoisotopic (exact) mass is 484 g/mol. The van der Waals surface area contributed by atoms with Gasteiger partial charge in [-0.3, -0.25) is 9.97 Å². The quantitative estimate of drug-likeness (QED) is 0.148. The minimum atomic E-state index is 0.612. The van der Waals surface area contributed by atoms with Gasteiger partial charge in [-0.15, -0.1) is 5.73 Å². The van der Waals surface area contributed by atoms with Crippen LogP contribution < -0.4 is 9.47 Å². The largest absolute Gasteiger partial charge is 0.493 e. The second kappa shape index (κ2) is 11.4. The van der Waals surface area contributed by atoms with Crippen LogP contribution in [0.3, 0.4) is 0 Å². The molecule has 1 aliphatic carbocycles. The van der Waals surface area contributed by atoms with Gasteiger partial charge in [0.05, 0.1) is 29.8 Å². The molecule has 0 spiro atoms. The molecular weight excluding hydrogens is 456 g/mol. The SMILES string of the molecule is CCCOc1cc(/C=C/C2=C=CC=C2)c(OCCC)cc1C#Cc1cnc2c(ccc3cccnc32)c1. The number of benzene rings is 2. The highest BCUT2D eigenvalue weighted by molar-refractivity contribution is 6.02. The molecule has 4 aromatic rings. The van der Waals surface area contributed by atoms with Gasteiger partial charge in [0.25, 0.3) is 0 Å². The smallest absolute Gasteiger partial charge is 0.135 e. The van der Waals surface area contributed by atoms with Gasteiger partial charge in [-0.25, -0.2) is 0 Å². The minimum absolute atomic E-state index is 0.612. The van der Waals surface area contributed by atoms with Gasteiger partial charge in [0.15, 0.2) is 0 Å². The summed E-state index contributed by atoms with van der Waals surface area (Å²) in [6.45, 7) is 5.43. The summed E-state index contributed by atoms with van der Waals surface area (Å²) in [5.74, 6) is 8.12. The van der Waals surface area contributed by atoms with Crippen LogP contribution in [-0.4, -0.2) is 23.2 Å². The molecule has 0 bridgehead atoms. The summed E-state index contributed by atoms with van der Waals surface area (Å²) in [6, 6.07) is 14.2. The van der Waals surface area contributed by atoms with E-state index in [0.29, 0.717) is 13.2 Å². The lowest BCUT2D eigenvalue weighted by Gasteiger charge is -2.14. The van der Waals surface area contributed by atoms with E-state index in [1.165, 1.54) is 0 Å². The Bertz CT molecular complexity index is 1640. The normalized spacial score (nSPS) is 12.2. The molecule has 182 valence electrons. The van der Waals surface area contributed by atoms with Crippen LogP contribution >= 0.6 is 0 Å². The van der Waals surface area contributed by atoms with Crippen molar-refractivity contribution in [1.29, 1.82) is 0 Å². The predicted molar refractivity (Wildman–Crippen MR) is 151 cm³/mol. The standard InChI is InChI=1S/C33H28N2O2/c1-3-18-36-30-22-28(31(37-19-4-2)21-27(30)13-11-24-8-5-6-9-24)14-12-25-20-29-16-15-26-10-7-17-34-32(26)33(29)35-23-25/h5-8,10-11,13,15-17,20-23H,3-4,18-19H2,1-2H3/b13-11+. The Hall–Kier alpha value is -4.58. The molecule has 0 N–H and O–H groups in total. The van der Waals surface area contributed by atoms with Gasteiger partial charge in [0.2, 0.25) is 0 Å². The Morgan fingerprint density at radius 3 is 2.49 bits per heavy atom. The van der Waals surface area contributed by atoms with Gasteiger partial charge >= 0.3 is 0 Å². The van der Waals surface area contributed by atoms with Gasteiger partial charge in [-0.05, 0) is 55.3 Å². The fourth-order valence-corrected chi connectivity index (χ4v) is 4.04. The third kappa shape index (κ3) is 5.64. The van der Waals surface area contributed by atoms with Crippen LogP contribution in [-0.2, 0) is 0 Å². The van der Waals surface area contributed by atoms with E-state index in [0.717, 1.165) is 68.4 Å². The Kier molecular flexibility index (Phi) is 7.46. The molecule has 0 unspecified atom stereocenters. The summed E-state index contributed by atoms with van der Waals surface area (Å²) in [6.07, 6.45) is 15.4. The summed E-state index contributed by atoms with van der Waals surface area (Å²) in [4.78, 5) is 9.19. The first-order valence-corrected chi connectivity index (χ1v) is 12.7. The van der Waals surface area contributed by atoms with Crippen LogP contribution in [0.25, 0.3) is 27.9 Å². The van der Waals surface area contributed by atoms with E-state index in [2.05, 4.69) is 59.6 Å². The molecule has 37 heavy (non-hydrogen) atoms. The van der Waals surface area contributed by atoms with Gasteiger partial charge in [-0.1, -0.05) is 50.0 Å². The molecular formula is C33H28N2O2. The molecule has 0 radical (unpaired) electrons. The Balaban J connectivity index is 1.53. The molecule has 2 aromatic heterocycles. The molecule has 4 nitrogen and oxygen atoms in total. The van der Waals surface area contributed by atoms with Crippen molar-refractivity contribution in [2.75, 3.05) is 13.2 Å². The average molecular weight is 485 g/mol. The van der Waals surface area contributed by atoms with Gasteiger partial charge in [-0.2, -0.15) is 0 Å². The van der Waals surface area contributed by atoms with E-state index < -0.39 is 0 Å². The lowest BCUT2D eigenvalue weighted by Crippen LogP contribution is -2.01.